The first-order chi connectivity index (χ1) is 11.6. The molecule has 3 aromatic rings. The molecule has 2 heterocycles. The SMILES string of the molecule is Cc1cccc2c(=O)n(Cc3nc(C4(N)CCCC4)no3)cnc12. The maximum atomic E-state index is 12.6. The van der Waals surface area contributed by atoms with Crippen molar-refractivity contribution in [1.29, 1.82) is 0 Å². The fraction of sp³-hybridized carbons (Fsp3) is 0.412. The molecule has 4 rings (SSSR count). The van der Waals surface area contributed by atoms with Gasteiger partial charge in [0.1, 0.15) is 6.54 Å². The summed E-state index contributed by atoms with van der Waals surface area (Å²) < 4.78 is 6.79. The van der Waals surface area contributed by atoms with Gasteiger partial charge in [-0.1, -0.05) is 30.1 Å². The minimum Gasteiger partial charge on any atom is -0.337 e. The Balaban J connectivity index is 1.67. The molecule has 7 heteroatoms. The molecule has 1 aliphatic rings. The lowest BCUT2D eigenvalue weighted by Crippen LogP contribution is -2.34. The van der Waals surface area contributed by atoms with Gasteiger partial charge in [0.25, 0.3) is 5.56 Å². The van der Waals surface area contributed by atoms with Crippen LogP contribution in [0.15, 0.2) is 33.8 Å². The fourth-order valence-electron chi connectivity index (χ4n) is 3.35. The lowest BCUT2D eigenvalue weighted by molar-refractivity contribution is 0.343. The van der Waals surface area contributed by atoms with Crippen LogP contribution in [0.3, 0.4) is 0 Å². The van der Waals surface area contributed by atoms with E-state index < -0.39 is 5.54 Å². The molecule has 2 aromatic heterocycles. The number of benzene rings is 1. The summed E-state index contributed by atoms with van der Waals surface area (Å²) in [6.07, 6.45) is 5.41. The normalized spacial score (nSPS) is 16.8. The summed E-state index contributed by atoms with van der Waals surface area (Å²) in [5, 5.41) is 4.61. The molecule has 0 unspecified atom stereocenters. The van der Waals surface area contributed by atoms with Gasteiger partial charge < -0.3 is 10.3 Å². The molecule has 0 bridgehead atoms. The van der Waals surface area contributed by atoms with Crippen LogP contribution in [0.5, 0.6) is 0 Å². The summed E-state index contributed by atoms with van der Waals surface area (Å²) in [6, 6.07) is 5.57. The molecule has 2 N–H and O–H groups in total. The summed E-state index contributed by atoms with van der Waals surface area (Å²) in [7, 11) is 0. The number of aryl methyl sites for hydroxylation is 1. The Morgan fingerprint density at radius 1 is 1.33 bits per heavy atom. The number of fused-ring (bicyclic) bond motifs is 1. The molecule has 1 fully saturated rings. The third-order valence-corrected chi connectivity index (χ3v) is 4.77. The fourth-order valence-corrected chi connectivity index (χ4v) is 3.35. The van der Waals surface area contributed by atoms with Gasteiger partial charge in [0.15, 0.2) is 5.82 Å². The largest absolute Gasteiger partial charge is 0.337 e. The van der Waals surface area contributed by atoms with Crippen LogP contribution in [0.25, 0.3) is 10.9 Å². The molecule has 1 aliphatic carbocycles. The van der Waals surface area contributed by atoms with Crippen molar-refractivity contribution in [1.82, 2.24) is 19.7 Å². The highest BCUT2D eigenvalue weighted by Crippen LogP contribution is 2.34. The van der Waals surface area contributed by atoms with Crippen molar-refractivity contribution in [3.05, 3.63) is 52.2 Å². The average molecular weight is 325 g/mol. The molecule has 0 atom stereocenters. The maximum Gasteiger partial charge on any atom is 0.261 e. The molecule has 1 aromatic carbocycles. The summed E-state index contributed by atoms with van der Waals surface area (Å²) in [5.74, 6) is 0.908. The second-order valence-corrected chi connectivity index (χ2v) is 6.52. The van der Waals surface area contributed by atoms with E-state index in [9.17, 15) is 4.79 Å². The molecule has 124 valence electrons. The molecule has 24 heavy (non-hydrogen) atoms. The van der Waals surface area contributed by atoms with Crippen LogP contribution in [-0.2, 0) is 12.1 Å². The van der Waals surface area contributed by atoms with Gasteiger partial charge >= 0.3 is 0 Å². The highest BCUT2D eigenvalue weighted by Gasteiger charge is 2.35. The smallest absolute Gasteiger partial charge is 0.261 e. The molecular weight excluding hydrogens is 306 g/mol. The van der Waals surface area contributed by atoms with Gasteiger partial charge in [-0.25, -0.2) is 4.98 Å². The zero-order valence-electron chi connectivity index (χ0n) is 13.5. The number of nitrogens with two attached hydrogens (primary N) is 1. The Hall–Kier alpha value is -2.54. The maximum absolute atomic E-state index is 12.6. The van der Waals surface area contributed by atoms with Gasteiger partial charge in [-0.05, 0) is 31.4 Å². The van der Waals surface area contributed by atoms with Gasteiger partial charge in [-0.3, -0.25) is 9.36 Å². The first-order valence-corrected chi connectivity index (χ1v) is 8.13. The van der Waals surface area contributed by atoms with Gasteiger partial charge in [-0.2, -0.15) is 4.98 Å². The molecule has 0 radical (unpaired) electrons. The minimum atomic E-state index is -0.495. The van der Waals surface area contributed by atoms with E-state index in [1.807, 2.05) is 19.1 Å². The van der Waals surface area contributed by atoms with Crippen molar-refractivity contribution >= 4 is 10.9 Å². The van der Waals surface area contributed by atoms with E-state index in [0.717, 1.165) is 36.8 Å². The predicted molar refractivity (Wildman–Crippen MR) is 88.5 cm³/mol. The second-order valence-electron chi connectivity index (χ2n) is 6.52. The second kappa shape index (κ2) is 5.52. The van der Waals surface area contributed by atoms with Crippen LogP contribution >= 0.6 is 0 Å². The van der Waals surface area contributed by atoms with E-state index in [0.29, 0.717) is 17.1 Å². The number of rotatable bonds is 3. The van der Waals surface area contributed by atoms with Crippen molar-refractivity contribution in [2.45, 2.75) is 44.7 Å². The Morgan fingerprint density at radius 3 is 2.92 bits per heavy atom. The van der Waals surface area contributed by atoms with Crippen LogP contribution in [0, 0.1) is 6.92 Å². The van der Waals surface area contributed by atoms with Crippen LogP contribution in [0.1, 0.15) is 43.0 Å². The zero-order valence-corrected chi connectivity index (χ0v) is 13.5. The number of aromatic nitrogens is 4. The monoisotopic (exact) mass is 325 g/mol. The van der Waals surface area contributed by atoms with E-state index in [1.54, 1.807) is 6.07 Å². The molecular formula is C17H19N5O2. The average Bonchev–Trinajstić information content (AvgIpc) is 3.21. The standard InChI is InChI=1S/C17H19N5O2/c1-11-5-4-6-12-14(11)19-10-22(15(12)23)9-13-20-16(21-24-13)17(18)7-2-3-8-17/h4-6,10H,2-3,7-9,18H2,1H3. The first kappa shape index (κ1) is 15.0. The summed E-state index contributed by atoms with van der Waals surface area (Å²) >= 11 is 0. The molecule has 1 saturated carbocycles. The topological polar surface area (TPSA) is 99.8 Å². The van der Waals surface area contributed by atoms with E-state index in [1.165, 1.54) is 10.9 Å². The zero-order chi connectivity index (χ0) is 16.7. The predicted octanol–water partition coefficient (Wildman–Crippen LogP) is 1.86. The van der Waals surface area contributed by atoms with E-state index in [-0.39, 0.29) is 12.1 Å². The highest BCUT2D eigenvalue weighted by atomic mass is 16.5. The van der Waals surface area contributed by atoms with Crippen LogP contribution in [0.4, 0.5) is 0 Å². The van der Waals surface area contributed by atoms with Gasteiger partial charge in [-0.15, -0.1) is 0 Å². The van der Waals surface area contributed by atoms with Crippen LogP contribution in [0.2, 0.25) is 0 Å². The quantitative estimate of drug-likeness (QED) is 0.789. The molecule has 7 nitrogen and oxygen atoms in total. The van der Waals surface area contributed by atoms with Crippen molar-refractivity contribution in [2.24, 2.45) is 5.73 Å². The lowest BCUT2D eigenvalue weighted by atomic mass is 9.99. The van der Waals surface area contributed by atoms with Crippen molar-refractivity contribution < 1.29 is 4.52 Å². The summed E-state index contributed by atoms with van der Waals surface area (Å²) in [6.45, 7) is 2.13. The molecule has 0 spiro atoms. The van der Waals surface area contributed by atoms with E-state index >= 15 is 0 Å². The van der Waals surface area contributed by atoms with Crippen LogP contribution < -0.4 is 11.3 Å². The first-order valence-electron chi connectivity index (χ1n) is 8.13. The Morgan fingerprint density at radius 2 is 2.12 bits per heavy atom. The summed E-state index contributed by atoms with van der Waals surface area (Å²) in [5.41, 5.74) is 7.42. The van der Waals surface area contributed by atoms with Gasteiger partial charge in [0.2, 0.25) is 5.89 Å². The number of nitrogens with zero attached hydrogens (tertiary/aromatic N) is 4. The Labute approximate surface area is 138 Å². The van der Waals surface area contributed by atoms with Gasteiger partial charge in [0.05, 0.1) is 22.8 Å². The third-order valence-electron chi connectivity index (χ3n) is 4.77. The molecule has 0 saturated heterocycles. The van der Waals surface area contributed by atoms with E-state index in [4.69, 9.17) is 10.3 Å². The number of para-hydroxylation sites is 1. The highest BCUT2D eigenvalue weighted by molar-refractivity contribution is 5.80. The van der Waals surface area contributed by atoms with Gasteiger partial charge in [0, 0.05) is 0 Å². The summed E-state index contributed by atoms with van der Waals surface area (Å²) in [4.78, 5) is 21.4. The van der Waals surface area contributed by atoms with Crippen molar-refractivity contribution in [2.75, 3.05) is 0 Å². The van der Waals surface area contributed by atoms with Crippen molar-refractivity contribution in [3.63, 3.8) is 0 Å². The number of hydrogen-bond acceptors (Lipinski definition) is 6. The minimum absolute atomic E-state index is 0.119. The Kier molecular flexibility index (Phi) is 3.45. The van der Waals surface area contributed by atoms with E-state index in [2.05, 4.69) is 15.1 Å². The molecule has 0 amide bonds. The Bertz CT molecular complexity index is 953. The molecule has 0 aliphatic heterocycles. The number of hydrogen-bond donors (Lipinski definition) is 1. The lowest BCUT2D eigenvalue weighted by Gasteiger charge is -2.17. The van der Waals surface area contributed by atoms with Crippen molar-refractivity contribution in [3.8, 4) is 0 Å². The third kappa shape index (κ3) is 2.41. The van der Waals surface area contributed by atoms with Crippen LogP contribution in [-0.4, -0.2) is 19.7 Å².